The highest BCUT2D eigenvalue weighted by atomic mass is 32.2. The topological polar surface area (TPSA) is 119 Å². The Balaban J connectivity index is 1.49. The van der Waals surface area contributed by atoms with Crippen molar-refractivity contribution in [1.82, 2.24) is 14.9 Å². The van der Waals surface area contributed by atoms with Crippen molar-refractivity contribution < 1.29 is 13.9 Å². The second-order valence-electron chi connectivity index (χ2n) is 5.89. The van der Waals surface area contributed by atoms with Gasteiger partial charge >= 0.3 is 0 Å². The Hall–Kier alpha value is -3.60. The van der Waals surface area contributed by atoms with Crippen LogP contribution in [0.15, 0.2) is 58.8 Å². The van der Waals surface area contributed by atoms with Crippen LogP contribution in [0, 0.1) is 5.82 Å². The number of carbonyl (C=O) groups excluding carboxylic acids is 1. The number of nitrogens with two attached hydrogens (primary N) is 1. The van der Waals surface area contributed by atoms with Crippen LogP contribution in [0.4, 0.5) is 16.0 Å². The molecule has 156 valence electrons. The van der Waals surface area contributed by atoms with Crippen molar-refractivity contribution in [1.29, 1.82) is 0 Å². The molecule has 0 aliphatic heterocycles. The summed E-state index contributed by atoms with van der Waals surface area (Å²) in [6.45, 7) is 2.48. The molecule has 4 N–H and O–H groups in total. The van der Waals surface area contributed by atoms with Gasteiger partial charge in [0, 0.05) is 5.69 Å². The fraction of sp³-hybridized carbons (Fsp3) is 0.158. The molecule has 0 unspecified atom stereocenters. The van der Waals surface area contributed by atoms with E-state index in [1.54, 1.807) is 36.4 Å². The highest BCUT2D eigenvalue weighted by Gasteiger charge is 2.12. The van der Waals surface area contributed by atoms with Crippen molar-refractivity contribution in [2.24, 2.45) is 5.10 Å². The minimum atomic E-state index is -0.324. The summed E-state index contributed by atoms with van der Waals surface area (Å²) in [6, 6.07) is 12.9. The van der Waals surface area contributed by atoms with E-state index in [-0.39, 0.29) is 23.4 Å². The summed E-state index contributed by atoms with van der Waals surface area (Å²) in [5.41, 5.74) is 4.02. The Labute approximate surface area is 176 Å². The number of ether oxygens (including phenoxy) is 1. The number of halogens is 1. The maximum absolute atomic E-state index is 12.9. The zero-order valence-corrected chi connectivity index (χ0v) is 16.9. The lowest BCUT2D eigenvalue weighted by Gasteiger charge is -2.07. The maximum Gasteiger partial charge on any atom is 0.264 e. The van der Waals surface area contributed by atoms with E-state index in [9.17, 15) is 9.18 Å². The SMILES string of the molecule is CCOc1ccc(NC(=O)CSc2nnc(N/N=C/c3ccc(F)cc3)n2N)cc1. The van der Waals surface area contributed by atoms with Gasteiger partial charge in [-0.3, -0.25) is 4.79 Å². The van der Waals surface area contributed by atoms with Crippen molar-refractivity contribution in [3.05, 3.63) is 59.9 Å². The van der Waals surface area contributed by atoms with E-state index < -0.39 is 0 Å². The summed E-state index contributed by atoms with van der Waals surface area (Å²) < 4.78 is 19.4. The predicted octanol–water partition coefficient (Wildman–Crippen LogP) is 2.71. The molecule has 0 radical (unpaired) electrons. The normalized spacial score (nSPS) is 10.9. The molecule has 2 aromatic carbocycles. The minimum Gasteiger partial charge on any atom is -0.494 e. The van der Waals surface area contributed by atoms with Crippen LogP contribution < -0.4 is 21.3 Å². The van der Waals surface area contributed by atoms with E-state index in [4.69, 9.17) is 10.6 Å². The number of nitrogens with one attached hydrogen (secondary N) is 2. The fourth-order valence-corrected chi connectivity index (χ4v) is 2.95. The smallest absolute Gasteiger partial charge is 0.264 e. The van der Waals surface area contributed by atoms with Crippen LogP contribution in [0.25, 0.3) is 0 Å². The highest BCUT2D eigenvalue weighted by molar-refractivity contribution is 7.99. The molecule has 0 aliphatic carbocycles. The molecule has 3 aromatic rings. The van der Waals surface area contributed by atoms with Gasteiger partial charge in [-0.25, -0.2) is 14.5 Å². The van der Waals surface area contributed by atoms with E-state index in [0.717, 1.165) is 17.5 Å². The van der Waals surface area contributed by atoms with E-state index >= 15 is 0 Å². The average molecular weight is 429 g/mol. The number of benzene rings is 2. The molecule has 9 nitrogen and oxygen atoms in total. The van der Waals surface area contributed by atoms with E-state index in [2.05, 4.69) is 26.0 Å². The largest absolute Gasteiger partial charge is 0.494 e. The highest BCUT2D eigenvalue weighted by Crippen LogP contribution is 2.19. The number of hydrogen-bond acceptors (Lipinski definition) is 8. The molecule has 0 bridgehead atoms. The maximum atomic E-state index is 12.9. The zero-order valence-electron chi connectivity index (χ0n) is 16.1. The number of thioether (sulfide) groups is 1. The first-order valence-corrected chi connectivity index (χ1v) is 9.94. The number of nitrogens with zero attached hydrogens (tertiary/aromatic N) is 4. The number of anilines is 2. The first-order chi connectivity index (χ1) is 14.5. The third kappa shape index (κ3) is 5.95. The van der Waals surface area contributed by atoms with Gasteiger partial charge in [0.1, 0.15) is 11.6 Å². The quantitative estimate of drug-likeness (QED) is 0.207. The third-order valence-electron chi connectivity index (χ3n) is 3.69. The number of rotatable bonds is 9. The molecular weight excluding hydrogens is 409 g/mol. The number of aromatic nitrogens is 3. The molecular formula is C19H20FN7O2S. The summed E-state index contributed by atoms with van der Waals surface area (Å²) in [5.74, 6) is 6.42. The summed E-state index contributed by atoms with van der Waals surface area (Å²) >= 11 is 1.13. The molecule has 0 aliphatic rings. The molecule has 11 heteroatoms. The monoisotopic (exact) mass is 429 g/mol. The molecule has 1 amide bonds. The Kier molecular flexibility index (Phi) is 7.22. The number of hydrogen-bond donors (Lipinski definition) is 3. The van der Waals surface area contributed by atoms with Gasteiger partial charge in [0.15, 0.2) is 0 Å². The molecule has 0 saturated heterocycles. The second-order valence-corrected chi connectivity index (χ2v) is 6.83. The summed E-state index contributed by atoms with van der Waals surface area (Å²) in [4.78, 5) is 12.1. The van der Waals surface area contributed by atoms with Gasteiger partial charge in [0.2, 0.25) is 11.1 Å². The van der Waals surface area contributed by atoms with E-state index in [1.165, 1.54) is 23.0 Å². The molecule has 0 spiro atoms. The van der Waals surface area contributed by atoms with Gasteiger partial charge in [-0.15, -0.1) is 10.2 Å². The lowest BCUT2D eigenvalue weighted by molar-refractivity contribution is -0.113. The Morgan fingerprint density at radius 2 is 1.97 bits per heavy atom. The summed E-state index contributed by atoms with van der Waals surface area (Å²) in [7, 11) is 0. The van der Waals surface area contributed by atoms with Crippen LogP contribution in [0.5, 0.6) is 5.75 Å². The second kappa shape index (κ2) is 10.3. The fourth-order valence-electron chi connectivity index (χ4n) is 2.29. The minimum absolute atomic E-state index is 0.0986. The van der Waals surface area contributed by atoms with Crippen LogP contribution in [-0.4, -0.2) is 39.4 Å². The number of carbonyl (C=O) groups is 1. The third-order valence-corrected chi connectivity index (χ3v) is 4.64. The molecule has 3 rings (SSSR count). The lowest BCUT2D eigenvalue weighted by Crippen LogP contribution is -2.16. The number of amides is 1. The van der Waals surface area contributed by atoms with Crippen LogP contribution in [-0.2, 0) is 4.79 Å². The van der Waals surface area contributed by atoms with Crippen LogP contribution in [0.3, 0.4) is 0 Å². The van der Waals surface area contributed by atoms with E-state index in [0.29, 0.717) is 23.0 Å². The molecule has 0 fully saturated rings. The number of nitrogen functional groups attached to an aromatic ring is 1. The molecule has 1 aromatic heterocycles. The Bertz CT molecular complexity index is 1010. The summed E-state index contributed by atoms with van der Waals surface area (Å²) in [6.07, 6.45) is 1.49. The van der Waals surface area contributed by atoms with Crippen LogP contribution in [0.2, 0.25) is 0 Å². The van der Waals surface area contributed by atoms with Gasteiger partial charge in [0.05, 0.1) is 18.6 Å². The van der Waals surface area contributed by atoms with Crippen molar-refractivity contribution in [2.45, 2.75) is 12.1 Å². The predicted molar refractivity (Wildman–Crippen MR) is 115 cm³/mol. The summed E-state index contributed by atoms with van der Waals surface area (Å²) in [5, 5.41) is 14.9. The van der Waals surface area contributed by atoms with Crippen LogP contribution >= 0.6 is 11.8 Å². The Morgan fingerprint density at radius 1 is 1.23 bits per heavy atom. The number of hydrazone groups is 1. The first-order valence-electron chi connectivity index (χ1n) is 8.96. The lowest BCUT2D eigenvalue weighted by atomic mass is 10.2. The Morgan fingerprint density at radius 3 is 2.67 bits per heavy atom. The van der Waals surface area contributed by atoms with Crippen molar-refractivity contribution >= 4 is 35.5 Å². The molecule has 30 heavy (non-hydrogen) atoms. The van der Waals surface area contributed by atoms with Crippen molar-refractivity contribution in [2.75, 3.05) is 28.9 Å². The molecule has 0 saturated carbocycles. The van der Waals surface area contributed by atoms with Gasteiger partial charge in [-0.2, -0.15) is 5.10 Å². The molecule has 1 heterocycles. The average Bonchev–Trinajstić information content (AvgIpc) is 3.09. The molecule has 0 atom stereocenters. The van der Waals surface area contributed by atoms with Gasteiger partial charge in [-0.1, -0.05) is 23.9 Å². The van der Waals surface area contributed by atoms with Gasteiger partial charge < -0.3 is 15.9 Å². The zero-order chi connectivity index (χ0) is 21.3. The van der Waals surface area contributed by atoms with Crippen LogP contribution in [0.1, 0.15) is 12.5 Å². The first kappa shape index (κ1) is 21.1. The van der Waals surface area contributed by atoms with Gasteiger partial charge in [-0.05, 0) is 48.9 Å². The van der Waals surface area contributed by atoms with E-state index in [1.807, 2.05) is 6.92 Å². The van der Waals surface area contributed by atoms with Gasteiger partial charge in [0.25, 0.3) is 5.95 Å². The van der Waals surface area contributed by atoms with Crippen molar-refractivity contribution in [3.8, 4) is 5.75 Å². The van der Waals surface area contributed by atoms with Crippen molar-refractivity contribution in [3.63, 3.8) is 0 Å². The standard InChI is InChI=1S/C19H20FN7O2S/c1-2-29-16-9-7-15(8-10-16)23-17(28)12-30-19-26-25-18(27(19)21)24-22-11-13-3-5-14(20)6-4-13/h3-11H,2,12,21H2,1H3,(H,23,28)(H,24,25)/b22-11+.